The van der Waals surface area contributed by atoms with E-state index in [1.165, 1.54) is 4.90 Å². The number of para-hydroxylation sites is 2. The molecule has 0 aromatic heterocycles. The molecule has 0 aliphatic rings. The van der Waals surface area contributed by atoms with Crippen molar-refractivity contribution in [2.45, 2.75) is 26.4 Å². The predicted molar refractivity (Wildman–Crippen MR) is 73.6 cm³/mol. The minimum absolute atomic E-state index is 0.124. The summed E-state index contributed by atoms with van der Waals surface area (Å²) in [5.74, 6) is 0.567. The molecule has 0 heterocycles. The summed E-state index contributed by atoms with van der Waals surface area (Å²) in [5, 5.41) is 0. The molecule has 0 aliphatic heterocycles. The number of carbonyl (C=O) groups is 1. The van der Waals surface area contributed by atoms with Crippen molar-refractivity contribution in [1.82, 2.24) is 0 Å². The van der Waals surface area contributed by atoms with Gasteiger partial charge in [-0.15, -0.1) is 0 Å². The van der Waals surface area contributed by atoms with Gasteiger partial charge in [-0.2, -0.15) is 0 Å². The Kier molecular flexibility index (Phi) is 5.18. The predicted octanol–water partition coefficient (Wildman–Crippen LogP) is 3.04. The first-order chi connectivity index (χ1) is 8.85. The summed E-state index contributed by atoms with van der Waals surface area (Å²) in [7, 11) is 3.18. The fourth-order valence-corrected chi connectivity index (χ4v) is 1.41. The van der Waals surface area contributed by atoms with E-state index in [9.17, 15) is 4.79 Å². The van der Waals surface area contributed by atoms with Crippen LogP contribution in [-0.4, -0.2) is 32.6 Å². The van der Waals surface area contributed by atoms with Gasteiger partial charge in [-0.25, -0.2) is 4.79 Å². The second-order valence-corrected chi connectivity index (χ2v) is 5.06. The fourth-order valence-electron chi connectivity index (χ4n) is 1.41. The number of nitrogens with zero attached hydrogens (tertiary/aromatic N) is 1. The number of methoxy groups -OCH3 is 1. The number of carbonyl (C=O) groups excluding carboxylic acids is 1. The third-order valence-corrected chi connectivity index (χ3v) is 2.23. The zero-order valence-electron chi connectivity index (χ0n) is 12.1. The van der Waals surface area contributed by atoms with Crippen LogP contribution in [0, 0.1) is 0 Å². The molecule has 0 aliphatic carbocycles. The maximum Gasteiger partial charge on any atom is 0.414 e. The monoisotopic (exact) mass is 267 g/mol. The molecule has 0 saturated carbocycles. The lowest BCUT2D eigenvalue weighted by atomic mass is 10.2. The van der Waals surface area contributed by atoms with Gasteiger partial charge < -0.3 is 14.2 Å². The number of benzene rings is 1. The summed E-state index contributed by atoms with van der Waals surface area (Å²) in [6.07, 6.45) is -0.430. The molecule has 0 unspecified atom stereocenters. The van der Waals surface area contributed by atoms with Crippen molar-refractivity contribution in [3.8, 4) is 5.75 Å². The Morgan fingerprint density at radius 3 is 2.47 bits per heavy atom. The van der Waals surface area contributed by atoms with Gasteiger partial charge in [0.05, 0.1) is 5.69 Å². The first kappa shape index (κ1) is 15.3. The van der Waals surface area contributed by atoms with Crippen LogP contribution in [0.15, 0.2) is 24.3 Å². The number of anilines is 1. The third-order valence-electron chi connectivity index (χ3n) is 2.23. The summed E-state index contributed by atoms with van der Waals surface area (Å²) in [4.78, 5) is 13.4. The molecule has 106 valence electrons. The molecule has 1 rings (SSSR count). The summed E-state index contributed by atoms with van der Waals surface area (Å²) in [6.45, 7) is 5.60. The van der Waals surface area contributed by atoms with Gasteiger partial charge in [0.2, 0.25) is 0 Å². The van der Waals surface area contributed by atoms with E-state index >= 15 is 0 Å². The number of hydrogen-bond acceptors (Lipinski definition) is 4. The molecule has 0 bridgehead atoms. The van der Waals surface area contributed by atoms with E-state index in [2.05, 4.69) is 0 Å². The van der Waals surface area contributed by atoms with Crippen molar-refractivity contribution >= 4 is 11.8 Å². The maximum absolute atomic E-state index is 12.0. The normalized spacial score (nSPS) is 11.0. The van der Waals surface area contributed by atoms with E-state index in [4.69, 9.17) is 14.2 Å². The molecule has 0 spiro atoms. The summed E-state index contributed by atoms with van der Waals surface area (Å²) in [6, 6.07) is 7.22. The largest absolute Gasteiger partial charge is 0.465 e. The van der Waals surface area contributed by atoms with E-state index in [1.807, 2.05) is 32.9 Å². The summed E-state index contributed by atoms with van der Waals surface area (Å²) >= 11 is 0. The quantitative estimate of drug-likeness (QED) is 0.787. The van der Waals surface area contributed by atoms with E-state index in [0.717, 1.165) is 0 Å². The molecule has 0 atom stereocenters. The Labute approximate surface area is 114 Å². The van der Waals surface area contributed by atoms with Crippen molar-refractivity contribution in [3.05, 3.63) is 24.3 Å². The van der Waals surface area contributed by atoms with Crippen LogP contribution in [-0.2, 0) is 9.47 Å². The van der Waals surface area contributed by atoms with Crippen molar-refractivity contribution in [1.29, 1.82) is 0 Å². The highest BCUT2D eigenvalue weighted by molar-refractivity contribution is 5.89. The van der Waals surface area contributed by atoms with Crippen molar-refractivity contribution < 1.29 is 19.0 Å². The van der Waals surface area contributed by atoms with Crippen LogP contribution in [0.1, 0.15) is 20.8 Å². The van der Waals surface area contributed by atoms with Crippen LogP contribution >= 0.6 is 0 Å². The number of amides is 1. The van der Waals surface area contributed by atoms with E-state index in [1.54, 1.807) is 26.3 Å². The molecule has 1 aromatic carbocycles. The average molecular weight is 267 g/mol. The van der Waals surface area contributed by atoms with Gasteiger partial charge >= 0.3 is 6.09 Å². The second kappa shape index (κ2) is 6.43. The molecule has 5 nitrogen and oxygen atoms in total. The highest BCUT2D eigenvalue weighted by Crippen LogP contribution is 2.28. The van der Waals surface area contributed by atoms with E-state index < -0.39 is 11.7 Å². The zero-order valence-corrected chi connectivity index (χ0v) is 12.1. The fraction of sp³-hybridized carbons (Fsp3) is 0.500. The van der Waals surface area contributed by atoms with Crippen LogP contribution in [0.5, 0.6) is 5.75 Å². The van der Waals surface area contributed by atoms with Crippen molar-refractivity contribution in [2.75, 3.05) is 25.9 Å². The molecule has 19 heavy (non-hydrogen) atoms. The zero-order chi connectivity index (χ0) is 14.5. The van der Waals surface area contributed by atoms with Gasteiger partial charge in [-0.3, -0.25) is 4.90 Å². The molecule has 0 N–H and O–H groups in total. The molecule has 0 fully saturated rings. The van der Waals surface area contributed by atoms with Crippen LogP contribution in [0.25, 0.3) is 0 Å². The van der Waals surface area contributed by atoms with E-state index in [0.29, 0.717) is 11.4 Å². The lowest BCUT2D eigenvalue weighted by Gasteiger charge is -2.25. The Morgan fingerprint density at radius 1 is 1.26 bits per heavy atom. The minimum Gasteiger partial charge on any atom is -0.465 e. The van der Waals surface area contributed by atoms with E-state index in [-0.39, 0.29) is 6.79 Å². The van der Waals surface area contributed by atoms with Gasteiger partial charge in [0, 0.05) is 14.2 Å². The summed E-state index contributed by atoms with van der Waals surface area (Å²) in [5.41, 5.74) is 0.0991. The second-order valence-electron chi connectivity index (χ2n) is 5.06. The van der Waals surface area contributed by atoms with Gasteiger partial charge in [-0.05, 0) is 32.9 Å². The highest BCUT2D eigenvalue weighted by atomic mass is 16.7. The first-order valence-corrected chi connectivity index (χ1v) is 6.02. The van der Waals surface area contributed by atoms with Crippen LogP contribution in [0.2, 0.25) is 0 Å². The average Bonchev–Trinajstić information content (AvgIpc) is 2.33. The highest BCUT2D eigenvalue weighted by Gasteiger charge is 2.22. The van der Waals surface area contributed by atoms with Gasteiger partial charge in [0.15, 0.2) is 6.79 Å². The standard InChI is InChI=1S/C14H21NO4/c1-14(2,3)19-13(16)15(4)11-8-6-7-9-12(11)18-10-17-5/h6-9H,10H2,1-5H3. The van der Waals surface area contributed by atoms with Gasteiger partial charge in [-0.1, -0.05) is 12.1 Å². The van der Waals surface area contributed by atoms with Gasteiger partial charge in [0.1, 0.15) is 11.4 Å². The smallest absolute Gasteiger partial charge is 0.414 e. The minimum atomic E-state index is -0.534. The third kappa shape index (κ3) is 4.79. The molecule has 0 saturated heterocycles. The first-order valence-electron chi connectivity index (χ1n) is 6.02. The van der Waals surface area contributed by atoms with Crippen LogP contribution < -0.4 is 9.64 Å². The Balaban J connectivity index is 2.86. The molecular formula is C14H21NO4. The van der Waals surface area contributed by atoms with Crippen molar-refractivity contribution in [2.24, 2.45) is 0 Å². The number of rotatable bonds is 4. The number of ether oxygens (including phenoxy) is 3. The molecule has 0 radical (unpaired) electrons. The van der Waals surface area contributed by atoms with Crippen molar-refractivity contribution in [3.63, 3.8) is 0 Å². The Morgan fingerprint density at radius 2 is 1.89 bits per heavy atom. The van der Waals surface area contributed by atoms with Crippen LogP contribution in [0.3, 0.4) is 0 Å². The molecule has 1 aromatic rings. The number of hydrogen-bond donors (Lipinski definition) is 0. The molecular weight excluding hydrogens is 246 g/mol. The topological polar surface area (TPSA) is 48.0 Å². The molecule has 1 amide bonds. The lowest BCUT2D eigenvalue weighted by Crippen LogP contribution is -2.34. The van der Waals surface area contributed by atoms with Gasteiger partial charge in [0.25, 0.3) is 0 Å². The van der Waals surface area contributed by atoms with Crippen LogP contribution in [0.4, 0.5) is 10.5 Å². The summed E-state index contributed by atoms with van der Waals surface area (Å²) < 4.78 is 15.6. The SMILES string of the molecule is COCOc1ccccc1N(C)C(=O)OC(C)(C)C. The Bertz CT molecular complexity index is 426. The lowest BCUT2D eigenvalue weighted by molar-refractivity contribution is 0.0499. The maximum atomic E-state index is 12.0. The Hall–Kier alpha value is -1.75. The molecule has 5 heteroatoms.